The Morgan fingerprint density at radius 3 is 2.15 bits per heavy atom. The Balaban J connectivity index is 1.81. The maximum atomic E-state index is 14.5. The van der Waals surface area contributed by atoms with Crippen molar-refractivity contribution in [2.75, 3.05) is 18.0 Å². The lowest BCUT2D eigenvalue weighted by molar-refractivity contribution is -0.140. The lowest BCUT2D eigenvalue weighted by Crippen LogP contribution is -2.54. The van der Waals surface area contributed by atoms with Crippen LogP contribution in [0.25, 0.3) is 0 Å². The van der Waals surface area contributed by atoms with Crippen LogP contribution in [0.3, 0.4) is 0 Å². The zero-order valence-electron chi connectivity index (χ0n) is 26.1. The Labute approximate surface area is 278 Å². The smallest absolute Gasteiger partial charge is 0.264 e. The zero-order chi connectivity index (χ0) is 33.4. The predicted molar refractivity (Wildman–Crippen MR) is 181 cm³/mol. The van der Waals surface area contributed by atoms with E-state index in [1.165, 1.54) is 42.3 Å². The molecular formula is C35H37BrFN3O5S. The fourth-order valence-corrected chi connectivity index (χ4v) is 7.03. The van der Waals surface area contributed by atoms with Crippen LogP contribution in [-0.2, 0) is 32.6 Å². The van der Waals surface area contributed by atoms with Gasteiger partial charge in [0, 0.05) is 19.0 Å². The summed E-state index contributed by atoms with van der Waals surface area (Å²) in [6, 6.07) is 24.8. The number of nitrogens with zero attached hydrogens (tertiary/aromatic N) is 2. The number of anilines is 1. The summed E-state index contributed by atoms with van der Waals surface area (Å²) in [4.78, 5) is 29.5. The minimum atomic E-state index is -4.30. The van der Waals surface area contributed by atoms with Gasteiger partial charge in [-0.2, -0.15) is 0 Å². The average molecular weight is 711 g/mol. The molecule has 4 rings (SSSR count). The minimum absolute atomic E-state index is 0.0575. The highest BCUT2D eigenvalue weighted by atomic mass is 79.9. The molecular weight excluding hydrogens is 673 g/mol. The molecule has 0 heterocycles. The maximum Gasteiger partial charge on any atom is 0.264 e. The molecule has 0 fully saturated rings. The number of hydrogen-bond acceptors (Lipinski definition) is 5. The minimum Gasteiger partial charge on any atom is -0.496 e. The van der Waals surface area contributed by atoms with E-state index in [0.717, 1.165) is 15.4 Å². The van der Waals surface area contributed by atoms with Crippen LogP contribution < -0.4 is 14.4 Å². The summed E-state index contributed by atoms with van der Waals surface area (Å²) >= 11 is 3.36. The number of halogens is 2. The van der Waals surface area contributed by atoms with Crippen molar-refractivity contribution >= 4 is 43.5 Å². The van der Waals surface area contributed by atoms with Crippen molar-refractivity contribution in [3.63, 3.8) is 0 Å². The van der Waals surface area contributed by atoms with E-state index in [1.807, 2.05) is 51.1 Å². The molecule has 0 saturated carbocycles. The zero-order valence-corrected chi connectivity index (χ0v) is 28.5. The van der Waals surface area contributed by atoms with Crippen molar-refractivity contribution in [1.82, 2.24) is 10.2 Å². The van der Waals surface area contributed by atoms with E-state index in [-0.39, 0.29) is 29.6 Å². The largest absolute Gasteiger partial charge is 0.496 e. The lowest BCUT2D eigenvalue weighted by Gasteiger charge is -2.34. The van der Waals surface area contributed by atoms with Crippen LogP contribution in [0.4, 0.5) is 10.1 Å². The second-order valence-corrected chi connectivity index (χ2v) is 13.9. The number of sulfonamides is 1. The third kappa shape index (κ3) is 8.73. The third-order valence-corrected chi connectivity index (χ3v) is 9.67. The molecule has 8 nitrogen and oxygen atoms in total. The van der Waals surface area contributed by atoms with Crippen LogP contribution in [0.5, 0.6) is 5.75 Å². The number of benzene rings is 4. The Hall–Kier alpha value is -4.22. The molecule has 0 radical (unpaired) electrons. The summed E-state index contributed by atoms with van der Waals surface area (Å²) in [7, 11) is -2.82. The molecule has 0 saturated heterocycles. The van der Waals surface area contributed by atoms with E-state index in [0.29, 0.717) is 15.8 Å². The highest BCUT2D eigenvalue weighted by Gasteiger charge is 2.35. The number of aryl methyl sites for hydroxylation is 1. The maximum absolute atomic E-state index is 14.5. The van der Waals surface area contributed by atoms with Gasteiger partial charge in [0.2, 0.25) is 11.8 Å². The van der Waals surface area contributed by atoms with Gasteiger partial charge >= 0.3 is 0 Å². The summed E-state index contributed by atoms with van der Waals surface area (Å²) in [5, 5.41) is 2.92. The molecule has 11 heteroatoms. The first-order valence-corrected chi connectivity index (χ1v) is 16.9. The van der Waals surface area contributed by atoms with Gasteiger partial charge in [-0.15, -0.1) is 0 Å². The van der Waals surface area contributed by atoms with E-state index in [1.54, 1.807) is 36.4 Å². The van der Waals surface area contributed by atoms with Gasteiger partial charge in [0.15, 0.2) is 0 Å². The first-order valence-electron chi connectivity index (χ1n) is 14.7. The SMILES string of the molecule is COc1ccc(S(=O)(=O)N(CC(=O)N(Cc2ccc(F)cc2)[C@@H](Cc2ccccc2)C(=O)NC(C)C)c2ccc(C)cc2)cc1Br. The van der Waals surface area contributed by atoms with Gasteiger partial charge in [0.05, 0.1) is 22.2 Å². The number of carbonyl (C=O) groups is 2. The fourth-order valence-electron chi connectivity index (χ4n) is 4.90. The second kappa shape index (κ2) is 15.4. The molecule has 242 valence electrons. The lowest BCUT2D eigenvalue weighted by atomic mass is 10.0. The molecule has 4 aromatic rings. The Morgan fingerprint density at radius 2 is 1.57 bits per heavy atom. The number of methoxy groups -OCH3 is 1. The molecule has 46 heavy (non-hydrogen) atoms. The monoisotopic (exact) mass is 709 g/mol. The quantitative estimate of drug-likeness (QED) is 0.177. The van der Waals surface area contributed by atoms with E-state index < -0.39 is 40.2 Å². The highest BCUT2D eigenvalue weighted by molar-refractivity contribution is 9.10. The normalized spacial score (nSPS) is 12.0. The van der Waals surface area contributed by atoms with Crippen molar-refractivity contribution in [3.05, 3.63) is 124 Å². The van der Waals surface area contributed by atoms with Crippen molar-refractivity contribution in [1.29, 1.82) is 0 Å². The molecule has 2 amide bonds. The summed E-state index contributed by atoms with van der Waals surface area (Å²) in [6.45, 7) is 4.86. The standard InChI is InChI=1S/C35H37BrFN3O5S/c1-24(2)38-35(42)32(20-26-8-6-5-7-9-26)39(22-27-12-14-28(37)15-13-27)34(41)23-40(29-16-10-25(3)11-17-29)46(43,44)30-18-19-33(45-4)31(36)21-30/h5-19,21,24,32H,20,22-23H2,1-4H3,(H,38,42)/t32-/m0/s1. The number of rotatable bonds is 13. The van der Waals surface area contributed by atoms with Gasteiger partial charge in [-0.05, 0) is 90.3 Å². The number of nitrogens with one attached hydrogen (secondary N) is 1. The molecule has 0 aromatic heterocycles. The average Bonchev–Trinajstić information content (AvgIpc) is 3.03. The van der Waals surface area contributed by atoms with Crippen LogP contribution in [-0.4, -0.2) is 50.9 Å². The van der Waals surface area contributed by atoms with Crippen LogP contribution in [0.15, 0.2) is 106 Å². The number of ether oxygens (including phenoxy) is 1. The summed E-state index contributed by atoms with van der Waals surface area (Å²) in [6.07, 6.45) is 0.176. The van der Waals surface area contributed by atoms with Gasteiger partial charge in [0.25, 0.3) is 10.0 Å². The molecule has 0 aliphatic rings. The van der Waals surface area contributed by atoms with Gasteiger partial charge in [0.1, 0.15) is 24.2 Å². The number of hydrogen-bond donors (Lipinski definition) is 1. The van der Waals surface area contributed by atoms with Crippen molar-refractivity contribution in [2.45, 2.75) is 50.7 Å². The molecule has 1 atom stereocenters. The van der Waals surface area contributed by atoms with E-state index in [2.05, 4.69) is 21.2 Å². The van der Waals surface area contributed by atoms with Crippen LogP contribution >= 0.6 is 15.9 Å². The molecule has 0 aliphatic heterocycles. The summed E-state index contributed by atoms with van der Waals surface area (Å²) < 4.78 is 49.0. The predicted octanol–water partition coefficient (Wildman–Crippen LogP) is 6.27. The fraction of sp³-hybridized carbons (Fsp3) is 0.257. The molecule has 0 spiro atoms. The van der Waals surface area contributed by atoms with Gasteiger partial charge in [-0.25, -0.2) is 12.8 Å². The van der Waals surface area contributed by atoms with Crippen molar-refractivity contribution in [2.24, 2.45) is 0 Å². The van der Waals surface area contributed by atoms with Gasteiger partial charge < -0.3 is 15.0 Å². The second-order valence-electron chi connectivity index (χ2n) is 11.2. The first kappa shape index (κ1) is 34.6. The van der Waals surface area contributed by atoms with Crippen molar-refractivity contribution < 1.29 is 27.1 Å². The number of carbonyl (C=O) groups excluding carboxylic acids is 2. The molecule has 0 aliphatic carbocycles. The van der Waals surface area contributed by atoms with E-state index in [9.17, 15) is 22.4 Å². The topological polar surface area (TPSA) is 96.0 Å². The van der Waals surface area contributed by atoms with Gasteiger partial charge in [-0.3, -0.25) is 13.9 Å². The molecule has 4 aromatic carbocycles. The van der Waals surface area contributed by atoms with Crippen LogP contribution in [0.1, 0.15) is 30.5 Å². The van der Waals surface area contributed by atoms with Crippen molar-refractivity contribution in [3.8, 4) is 5.75 Å². The van der Waals surface area contributed by atoms with E-state index in [4.69, 9.17) is 4.74 Å². The highest BCUT2D eigenvalue weighted by Crippen LogP contribution is 2.31. The number of amides is 2. The Bertz CT molecular complexity index is 1750. The first-order chi connectivity index (χ1) is 21.9. The summed E-state index contributed by atoms with van der Waals surface area (Å²) in [5.74, 6) is -0.997. The third-order valence-electron chi connectivity index (χ3n) is 7.28. The molecule has 0 bridgehead atoms. The Kier molecular flexibility index (Phi) is 11.6. The summed E-state index contributed by atoms with van der Waals surface area (Å²) in [5.41, 5.74) is 2.58. The van der Waals surface area contributed by atoms with Crippen LogP contribution in [0, 0.1) is 12.7 Å². The molecule has 0 unspecified atom stereocenters. The van der Waals surface area contributed by atoms with Crippen LogP contribution in [0.2, 0.25) is 0 Å². The van der Waals surface area contributed by atoms with E-state index >= 15 is 0 Å². The van der Waals surface area contributed by atoms with Gasteiger partial charge in [-0.1, -0.05) is 60.2 Å². The molecule has 1 N–H and O–H groups in total. The Morgan fingerprint density at radius 1 is 0.913 bits per heavy atom.